The van der Waals surface area contributed by atoms with E-state index >= 15 is 0 Å². The SMILES string of the molecule is COc1cc(/C=C(/C#N)C(=O)Nc2cccc(Cl)c2C)cc(Cl)c1OCc1ccc(Cl)cc1Cl. The number of nitrogens with one attached hydrogen (secondary N) is 1. The summed E-state index contributed by atoms with van der Waals surface area (Å²) in [4.78, 5) is 12.7. The maximum atomic E-state index is 12.7. The highest BCUT2D eigenvalue weighted by molar-refractivity contribution is 6.35. The fourth-order valence-corrected chi connectivity index (χ4v) is 3.91. The van der Waals surface area contributed by atoms with Gasteiger partial charge >= 0.3 is 0 Å². The fourth-order valence-electron chi connectivity index (χ4n) is 3.00. The summed E-state index contributed by atoms with van der Waals surface area (Å²) >= 11 is 24.7. The topological polar surface area (TPSA) is 71.3 Å². The Labute approximate surface area is 217 Å². The van der Waals surface area contributed by atoms with Crippen LogP contribution in [0.15, 0.2) is 54.1 Å². The van der Waals surface area contributed by atoms with Crippen LogP contribution in [0.2, 0.25) is 20.1 Å². The third kappa shape index (κ3) is 6.16. The fraction of sp³-hybridized carbons (Fsp3) is 0.120. The monoisotopic (exact) mass is 534 g/mol. The molecular weight excluding hydrogens is 518 g/mol. The van der Waals surface area contributed by atoms with Crippen LogP contribution in [0.3, 0.4) is 0 Å². The van der Waals surface area contributed by atoms with Crippen LogP contribution < -0.4 is 14.8 Å². The summed E-state index contributed by atoms with van der Waals surface area (Å²) in [6.45, 7) is 1.90. The van der Waals surface area contributed by atoms with Gasteiger partial charge in [-0.2, -0.15) is 5.26 Å². The molecule has 0 saturated carbocycles. The van der Waals surface area contributed by atoms with Gasteiger partial charge < -0.3 is 14.8 Å². The van der Waals surface area contributed by atoms with E-state index in [0.717, 1.165) is 0 Å². The van der Waals surface area contributed by atoms with Crippen LogP contribution in [0.1, 0.15) is 16.7 Å². The highest BCUT2D eigenvalue weighted by atomic mass is 35.5. The van der Waals surface area contributed by atoms with E-state index in [1.54, 1.807) is 55.5 Å². The molecule has 0 radical (unpaired) electrons. The molecule has 1 amide bonds. The molecule has 0 spiro atoms. The minimum Gasteiger partial charge on any atom is -0.493 e. The summed E-state index contributed by atoms with van der Waals surface area (Å²) in [5.41, 5.74) is 2.28. The zero-order valence-corrected chi connectivity index (χ0v) is 21.1. The Morgan fingerprint density at radius 2 is 1.82 bits per heavy atom. The van der Waals surface area contributed by atoms with Gasteiger partial charge in [-0.3, -0.25) is 4.79 Å². The molecule has 1 N–H and O–H groups in total. The summed E-state index contributed by atoms with van der Waals surface area (Å²) in [5, 5.41) is 14.0. The lowest BCUT2D eigenvalue weighted by Gasteiger charge is -2.14. The van der Waals surface area contributed by atoms with Gasteiger partial charge in [0.1, 0.15) is 18.2 Å². The van der Waals surface area contributed by atoms with E-state index in [4.69, 9.17) is 55.9 Å². The molecule has 5 nitrogen and oxygen atoms in total. The minimum atomic E-state index is -0.583. The Hall–Kier alpha value is -2.88. The second-order valence-electron chi connectivity index (χ2n) is 7.09. The summed E-state index contributed by atoms with van der Waals surface area (Å²) in [6.07, 6.45) is 1.41. The van der Waals surface area contributed by atoms with E-state index in [1.807, 2.05) is 6.07 Å². The Morgan fingerprint density at radius 1 is 1.06 bits per heavy atom. The number of carbonyl (C=O) groups is 1. The van der Waals surface area contributed by atoms with Crippen molar-refractivity contribution < 1.29 is 14.3 Å². The van der Waals surface area contributed by atoms with Crippen molar-refractivity contribution in [1.82, 2.24) is 0 Å². The van der Waals surface area contributed by atoms with Gasteiger partial charge in [0.2, 0.25) is 0 Å². The van der Waals surface area contributed by atoms with E-state index in [0.29, 0.717) is 48.9 Å². The Bertz CT molecular complexity index is 1320. The third-order valence-corrected chi connectivity index (χ3v) is 6.11. The first-order valence-corrected chi connectivity index (χ1v) is 11.4. The quantitative estimate of drug-likeness (QED) is 0.248. The lowest BCUT2D eigenvalue weighted by atomic mass is 10.1. The first kappa shape index (κ1) is 25.7. The molecule has 9 heteroatoms. The number of nitriles is 1. The number of ether oxygens (including phenoxy) is 2. The molecule has 0 aliphatic rings. The molecule has 0 aliphatic heterocycles. The molecule has 34 heavy (non-hydrogen) atoms. The molecule has 0 heterocycles. The van der Waals surface area contributed by atoms with Crippen LogP contribution in [-0.4, -0.2) is 13.0 Å². The number of nitrogens with zero attached hydrogens (tertiary/aromatic N) is 1. The van der Waals surface area contributed by atoms with Crippen LogP contribution >= 0.6 is 46.4 Å². The van der Waals surface area contributed by atoms with Crippen LogP contribution in [-0.2, 0) is 11.4 Å². The predicted molar refractivity (Wildman–Crippen MR) is 137 cm³/mol. The van der Waals surface area contributed by atoms with Crippen molar-refractivity contribution in [3.8, 4) is 17.6 Å². The van der Waals surface area contributed by atoms with Crippen LogP contribution in [0.25, 0.3) is 6.08 Å². The number of methoxy groups -OCH3 is 1. The molecule has 3 aromatic carbocycles. The zero-order valence-electron chi connectivity index (χ0n) is 18.1. The van der Waals surface area contributed by atoms with E-state index in [9.17, 15) is 10.1 Å². The molecule has 3 rings (SSSR count). The number of benzene rings is 3. The molecule has 174 valence electrons. The van der Waals surface area contributed by atoms with E-state index in [1.165, 1.54) is 13.2 Å². The van der Waals surface area contributed by atoms with Gasteiger partial charge in [-0.15, -0.1) is 0 Å². The largest absolute Gasteiger partial charge is 0.493 e. The lowest BCUT2D eigenvalue weighted by molar-refractivity contribution is -0.112. The average Bonchev–Trinajstić information content (AvgIpc) is 2.80. The second kappa shape index (κ2) is 11.5. The lowest BCUT2D eigenvalue weighted by Crippen LogP contribution is -2.14. The van der Waals surface area contributed by atoms with Crippen LogP contribution in [0.5, 0.6) is 11.5 Å². The third-order valence-electron chi connectivity index (χ3n) is 4.83. The van der Waals surface area contributed by atoms with Gasteiger partial charge in [0.25, 0.3) is 5.91 Å². The second-order valence-corrected chi connectivity index (χ2v) is 8.75. The minimum absolute atomic E-state index is 0.126. The van der Waals surface area contributed by atoms with Gasteiger partial charge in [0.15, 0.2) is 11.5 Å². The number of halogens is 4. The standard InChI is InChI=1S/C25H18Cl4N2O3/c1-14-19(27)4-3-5-22(14)31-25(32)17(12-30)8-15-9-21(29)24(23(10-15)33-2)34-13-16-6-7-18(26)11-20(16)28/h3-11H,13H2,1-2H3,(H,31,32)/b17-8-. The predicted octanol–water partition coefficient (Wildman–Crippen LogP) is 7.74. The van der Waals surface area contributed by atoms with Gasteiger partial charge in [-0.05, 0) is 60.5 Å². The molecule has 0 atom stereocenters. The number of carbonyl (C=O) groups excluding carboxylic acids is 1. The van der Waals surface area contributed by atoms with Crippen molar-refractivity contribution in [2.75, 3.05) is 12.4 Å². The highest BCUT2D eigenvalue weighted by Gasteiger charge is 2.16. The van der Waals surface area contributed by atoms with Gasteiger partial charge in [0, 0.05) is 26.3 Å². The summed E-state index contributed by atoms with van der Waals surface area (Å²) in [7, 11) is 1.46. The van der Waals surface area contributed by atoms with Crippen molar-refractivity contribution in [2.45, 2.75) is 13.5 Å². The number of hydrogen-bond donors (Lipinski definition) is 1. The van der Waals surface area contributed by atoms with Gasteiger partial charge in [-0.25, -0.2) is 0 Å². The number of amides is 1. The summed E-state index contributed by atoms with van der Waals surface area (Å²) < 4.78 is 11.3. The normalized spacial score (nSPS) is 11.0. The van der Waals surface area contributed by atoms with Crippen molar-refractivity contribution in [3.63, 3.8) is 0 Å². The summed E-state index contributed by atoms with van der Waals surface area (Å²) in [5.74, 6) is 0.0396. The summed E-state index contributed by atoms with van der Waals surface area (Å²) in [6, 6.07) is 15.3. The molecule has 0 unspecified atom stereocenters. The maximum absolute atomic E-state index is 12.7. The van der Waals surface area contributed by atoms with Gasteiger partial charge in [-0.1, -0.05) is 58.5 Å². The average molecular weight is 536 g/mol. The first-order valence-electron chi connectivity index (χ1n) is 9.86. The van der Waals surface area contributed by atoms with E-state index in [-0.39, 0.29) is 17.2 Å². The number of rotatable bonds is 7. The molecule has 3 aromatic rings. The Balaban J connectivity index is 1.84. The van der Waals surface area contributed by atoms with Crippen LogP contribution in [0.4, 0.5) is 5.69 Å². The van der Waals surface area contributed by atoms with Crippen molar-refractivity contribution >= 4 is 64.1 Å². The van der Waals surface area contributed by atoms with Crippen molar-refractivity contribution in [3.05, 3.63) is 90.9 Å². The van der Waals surface area contributed by atoms with Gasteiger partial charge in [0.05, 0.1) is 12.1 Å². The number of anilines is 1. The number of hydrogen-bond acceptors (Lipinski definition) is 4. The molecule has 0 aliphatic carbocycles. The van der Waals surface area contributed by atoms with E-state index < -0.39 is 5.91 Å². The molecule has 0 bridgehead atoms. The Morgan fingerprint density at radius 3 is 2.50 bits per heavy atom. The first-order chi connectivity index (χ1) is 16.2. The Kier molecular flexibility index (Phi) is 8.71. The smallest absolute Gasteiger partial charge is 0.266 e. The van der Waals surface area contributed by atoms with Crippen molar-refractivity contribution in [2.24, 2.45) is 0 Å². The van der Waals surface area contributed by atoms with Crippen molar-refractivity contribution in [1.29, 1.82) is 5.26 Å². The highest BCUT2D eigenvalue weighted by Crippen LogP contribution is 2.38. The van der Waals surface area contributed by atoms with E-state index in [2.05, 4.69) is 5.32 Å². The molecule has 0 saturated heterocycles. The zero-order chi connectivity index (χ0) is 24.8. The molecule has 0 fully saturated rings. The van der Waals surface area contributed by atoms with Crippen LogP contribution in [0, 0.1) is 18.3 Å². The maximum Gasteiger partial charge on any atom is 0.266 e. The molecule has 0 aromatic heterocycles. The molecular formula is C25H18Cl4N2O3.